The molecule has 0 atom stereocenters. The number of rotatable bonds is 4. The van der Waals surface area contributed by atoms with Gasteiger partial charge in [-0.2, -0.15) is 0 Å². The van der Waals surface area contributed by atoms with Crippen LogP contribution in [0.3, 0.4) is 0 Å². The zero-order valence-electron chi connectivity index (χ0n) is 27.6. The topological polar surface area (TPSA) is 51.6 Å². The third-order valence-corrected chi connectivity index (χ3v) is 10.3. The van der Waals surface area contributed by atoms with Gasteiger partial charge in [0.1, 0.15) is 0 Å². The third kappa shape index (κ3) is 4.61. The van der Waals surface area contributed by atoms with Gasteiger partial charge in [-0.3, -0.25) is 0 Å². The van der Waals surface area contributed by atoms with Crippen molar-refractivity contribution in [1.29, 1.82) is 0 Å². The van der Waals surface area contributed by atoms with Gasteiger partial charge in [-0.05, 0) is 56.6 Å². The lowest BCUT2D eigenvalue weighted by Crippen LogP contribution is -2.30. The van der Waals surface area contributed by atoms with Gasteiger partial charge in [-0.15, -0.1) is 0 Å². The van der Waals surface area contributed by atoms with Crippen LogP contribution in [0.25, 0.3) is 68.6 Å². The molecule has 0 bridgehead atoms. The Morgan fingerprint density at radius 2 is 0.863 bits per heavy atom. The Morgan fingerprint density at radius 3 is 1.51 bits per heavy atom. The summed E-state index contributed by atoms with van der Waals surface area (Å²) in [5, 5.41) is 0. The van der Waals surface area contributed by atoms with Crippen molar-refractivity contribution in [2.24, 2.45) is 0 Å². The van der Waals surface area contributed by atoms with E-state index in [4.69, 9.17) is 19.9 Å². The molecule has 0 aliphatic heterocycles. The fourth-order valence-electron chi connectivity index (χ4n) is 7.97. The van der Waals surface area contributed by atoms with E-state index in [2.05, 4.69) is 121 Å². The minimum Gasteiger partial charge on any atom is -0.236 e. The van der Waals surface area contributed by atoms with E-state index >= 15 is 0 Å². The van der Waals surface area contributed by atoms with Crippen molar-refractivity contribution in [1.82, 2.24) is 19.9 Å². The second-order valence-electron chi connectivity index (χ2n) is 13.1. The molecule has 4 nitrogen and oxygen atoms in total. The highest BCUT2D eigenvalue weighted by Crippen LogP contribution is 2.58. The molecule has 0 fully saturated rings. The normalized spacial score (nSPS) is 13.2. The van der Waals surface area contributed by atoms with Gasteiger partial charge in [0, 0.05) is 34.6 Å². The largest absolute Gasteiger partial charge is 0.236 e. The van der Waals surface area contributed by atoms with Gasteiger partial charge in [0.25, 0.3) is 0 Å². The second-order valence-corrected chi connectivity index (χ2v) is 13.1. The van der Waals surface area contributed by atoms with Gasteiger partial charge >= 0.3 is 0 Å². The summed E-state index contributed by atoms with van der Waals surface area (Å²) in [6.45, 7) is 0. The monoisotopic (exact) mass is 650 g/mol. The van der Waals surface area contributed by atoms with Crippen molar-refractivity contribution >= 4 is 12.2 Å². The fourth-order valence-corrected chi connectivity index (χ4v) is 7.97. The van der Waals surface area contributed by atoms with Gasteiger partial charge in [0.2, 0.25) is 0 Å². The van der Waals surface area contributed by atoms with E-state index in [1.807, 2.05) is 60.9 Å². The van der Waals surface area contributed by atoms with Gasteiger partial charge in [-0.25, -0.2) is 19.9 Å². The molecule has 0 saturated heterocycles. The first-order chi connectivity index (χ1) is 25.3. The highest BCUT2D eigenvalue weighted by Gasteiger charge is 2.48. The van der Waals surface area contributed by atoms with Crippen molar-refractivity contribution in [3.05, 3.63) is 203 Å². The maximum atomic E-state index is 5.21. The molecule has 6 aromatic carbocycles. The predicted octanol–water partition coefficient (Wildman–Crippen LogP) is 10.8. The van der Waals surface area contributed by atoms with Crippen LogP contribution in [-0.2, 0) is 5.41 Å². The van der Waals surface area contributed by atoms with E-state index in [1.165, 1.54) is 44.5 Å². The standard InChI is InChI=1S/C47H30N4/c1-3-14-33(15-4-1)45-48-29-36(30-49-45)44-28-43(50-46(51-44)34-16-5-2-6-17-34)35-26-25-32-24-23-31-13-7-10-20-39(31)47(42(32)27-35)40-21-11-8-18-37(40)38-19-9-12-22-41(38)47/h1-30H. The summed E-state index contributed by atoms with van der Waals surface area (Å²) in [4.78, 5) is 19.7. The minimum atomic E-state index is -0.516. The van der Waals surface area contributed by atoms with Crippen LogP contribution < -0.4 is 0 Å². The minimum absolute atomic E-state index is 0.516. The van der Waals surface area contributed by atoms with Crippen LogP contribution in [0.2, 0.25) is 0 Å². The number of fused-ring (bicyclic) bond motifs is 9. The first-order valence-electron chi connectivity index (χ1n) is 17.2. The van der Waals surface area contributed by atoms with Crippen LogP contribution in [0.15, 0.2) is 170 Å². The van der Waals surface area contributed by atoms with E-state index < -0.39 is 5.41 Å². The maximum absolute atomic E-state index is 5.21. The molecule has 238 valence electrons. The van der Waals surface area contributed by atoms with Gasteiger partial charge < -0.3 is 0 Å². The predicted molar refractivity (Wildman–Crippen MR) is 206 cm³/mol. The Hall–Kier alpha value is -6.78. The molecule has 0 unspecified atom stereocenters. The average Bonchev–Trinajstić information content (AvgIpc) is 3.42. The molecule has 1 spiro atoms. The molecule has 4 heteroatoms. The summed E-state index contributed by atoms with van der Waals surface area (Å²) in [7, 11) is 0. The zero-order chi connectivity index (χ0) is 33.8. The van der Waals surface area contributed by atoms with Crippen LogP contribution in [0, 0.1) is 0 Å². The summed E-state index contributed by atoms with van der Waals surface area (Å²) in [5.74, 6) is 1.33. The van der Waals surface area contributed by atoms with Crippen LogP contribution in [0.5, 0.6) is 0 Å². The van der Waals surface area contributed by atoms with E-state index in [-0.39, 0.29) is 0 Å². The molecule has 10 rings (SSSR count). The van der Waals surface area contributed by atoms with E-state index in [9.17, 15) is 0 Å². The highest BCUT2D eigenvalue weighted by molar-refractivity contribution is 5.92. The fraction of sp³-hybridized carbons (Fsp3) is 0.0213. The highest BCUT2D eigenvalue weighted by atomic mass is 14.9. The van der Waals surface area contributed by atoms with Crippen molar-refractivity contribution in [3.8, 4) is 56.4 Å². The molecular formula is C47H30N4. The Bertz CT molecular complexity index is 2580. The Morgan fingerprint density at radius 1 is 0.353 bits per heavy atom. The SMILES string of the molecule is C1=Cc2ccc(-c3cc(-c4cnc(-c5ccccc5)nc4)nc(-c4ccccc4)n3)cc2C2(c3ccccc31)c1ccccc1-c1ccccc12. The van der Waals surface area contributed by atoms with Crippen molar-refractivity contribution in [2.45, 2.75) is 5.41 Å². The van der Waals surface area contributed by atoms with Crippen molar-refractivity contribution in [2.75, 3.05) is 0 Å². The summed E-state index contributed by atoms with van der Waals surface area (Å²) >= 11 is 0. The molecular weight excluding hydrogens is 621 g/mol. The first-order valence-corrected chi connectivity index (χ1v) is 17.2. The summed E-state index contributed by atoms with van der Waals surface area (Å²) < 4.78 is 0. The van der Waals surface area contributed by atoms with E-state index in [0.717, 1.165) is 33.6 Å². The van der Waals surface area contributed by atoms with E-state index in [1.54, 1.807) is 0 Å². The molecule has 0 radical (unpaired) electrons. The van der Waals surface area contributed by atoms with Crippen molar-refractivity contribution in [3.63, 3.8) is 0 Å². The molecule has 8 aromatic rings. The molecule has 0 saturated carbocycles. The Balaban J connectivity index is 1.20. The molecule has 2 heterocycles. The maximum Gasteiger partial charge on any atom is 0.160 e. The number of benzene rings is 6. The van der Waals surface area contributed by atoms with E-state index in [0.29, 0.717) is 11.6 Å². The number of aromatic nitrogens is 4. The van der Waals surface area contributed by atoms with Gasteiger partial charge in [-0.1, -0.05) is 158 Å². The van der Waals surface area contributed by atoms with Crippen LogP contribution in [0.4, 0.5) is 0 Å². The molecule has 2 aromatic heterocycles. The van der Waals surface area contributed by atoms with Crippen LogP contribution in [-0.4, -0.2) is 19.9 Å². The molecule has 2 aliphatic carbocycles. The Labute approximate surface area is 296 Å². The number of hydrogen-bond acceptors (Lipinski definition) is 4. The first kappa shape index (κ1) is 29.2. The lowest BCUT2D eigenvalue weighted by atomic mass is 9.66. The molecule has 2 aliphatic rings. The van der Waals surface area contributed by atoms with Gasteiger partial charge in [0.05, 0.1) is 16.8 Å². The third-order valence-electron chi connectivity index (χ3n) is 10.3. The number of hydrogen-bond donors (Lipinski definition) is 0. The summed E-state index contributed by atoms with van der Waals surface area (Å²) in [5.41, 5.74) is 14.9. The smallest absolute Gasteiger partial charge is 0.160 e. The van der Waals surface area contributed by atoms with Crippen LogP contribution >= 0.6 is 0 Å². The lowest BCUT2D eigenvalue weighted by molar-refractivity contribution is 0.766. The Kier molecular flexibility index (Phi) is 6.68. The molecule has 51 heavy (non-hydrogen) atoms. The molecule has 0 amide bonds. The quantitative estimate of drug-likeness (QED) is 0.190. The van der Waals surface area contributed by atoms with Gasteiger partial charge in [0.15, 0.2) is 11.6 Å². The summed E-state index contributed by atoms with van der Waals surface area (Å²) in [6, 6.07) is 55.7. The second kappa shape index (κ2) is 11.7. The number of nitrogens with zero attached hydrogens (tertiary/aromatic N) is 4. The van der Waals surface area contributed by atoms with Crippen molar-refractivity contribution < 1.29 is 0 Å². The lowest BCUT2D eigenvalue weighted by Gasteiger charge is -2.35. The van der Waals surface area contributed by atoms with Crippen LogP contribution in [0.1, 0.15) is 33.4 Å². The zero-order valence-corrected chi connectivity index (χ0v) is 27.6. The molecule has 0 N–H and O–H groups in total. The summed E-state index contributed by atoms with van der Waals surface area (Å²) in [6.07, 6.45) is 8.25. The average molecular weight is 651 g/mol.